The number of carbonyl (C=O) groups excluding carboxylic acids is 1. The van der Waals surface area contributed by atoms with Crippen molar-refractivity contribution in [3.05, 3.63) is 59.7 Å². The van der Waals surface area contributed by atoms with Gasteiger partial charge in [-0.1, -0.05) is 38.1 Å². The van der Waals surface area contributed by atoms with Crippen molar-refractivity contribution in [1.29, 1.82) is 0 Å². The largest absolute Gasteiger partial charge is 0.497 e. The molecule has 4 rings (SSSR count). The molecule has 2 fully saturated rings. The summed E-state index contributed by atoms with van der Waals surface area (Å²) in [6, 6.07) is 16.6. The Morgan fingerprint density at radius 1 is 1.07 bits per heavy atom. The standard InChI is InChI=1S/C25H32N2O3/c1-18(2)20-6-4-19(5-7-20)16-26-13-12-24-23(17-26)25(28)27(14-15-30-24)21-8-10-22(29-3)11-9-21/h4-11,18,23-24H,12-17H2,1-3H3. The first-order valence-corrected chi connectivity index (χ1v) is 10.9. The van der Waals surface area contributed by atoms with Crippen LogP contribution in [0.2, 0.25) is 0 Å². The van der Waals surface area contributed by atoms with Crippen LogP contribution in [0.15, 0.2) is 48.5 Å². The minimum absolute atomic E-state index is 0.0142. The normalized spacial score (nSPS) is 22.7. The van der Waals surface area contributed by atoms with E-state index in [9.17, 15) is 4.79 Å². The average molecular weight is 409 g/mol. The van der Waals surface area contributed by atoms with Gasteiger partial charge in [0, 0.05) is 31.9 Å². The van der Waals surface area contributed by atoms with E-state index in [4.69, 9.17) is 9.47 Å². The van der Waals surface area contributed by atoms with E-state index < -0.39 is 0 Å². The summed E-state index contributed by atoms with van der Waals surface area (Å²) in [7, 11) is 1.65. The van der Waals surface area contributed by atoms with Crippen molar-refractivity contribution in [3.8, 4) is 5.75 Å². The molecule has 0 N–H and O–H groups in total. The molecule has 2 aromatic carbocycles. The van der Waals surface area contributed by atoms with Gasteiger partial charge in [-0.25, -0.2) is 0 Å². The zero-order valence-corrected chi connectivity index (χ0v) is 18.2. The Morgan fingerprint density at radius 3 is 2.47 bits per heavy atom. The van der Waals surface area contributed by atoms with E-state index >= 15 is 0 Å². The van der Waals surface area contributed by atoms with Crippen molar-refractivity contribution in [2.24, 2.45) is 5.92 Å². The van der Waals surface area contributed by atoms with E-state index in [-0.39, 0.29) is 17.9 Å². The Kier molecular flexibility index (Phi) is 6.40. The topological polar surface area (TPSA) is 42.0 Å². The molecule has 0 aromatic heterocycles. The summed E-state index contributed by atoms with van der Waals surface area (Å²) >= 11 is 0. The van der Waals surface area contributed by atoms with Gasteiger partial charge in [0.25, 0.3) is 0 Å². The van der Waals surface area contributed by atoms with Crippen molar-refractivity contribution in [3.63, 3.8) is 0 Å². The number of anilines is 1. The fraction of sp³-hybridized carbons (Fsp3) is 0.480. The van der Waals surface area contributed by atoms with Crippen LogP contribution in [0.4, 0.5) is 5.69 Å². The van der Waals surface area contributed by atoms with Gasteiger partial charge in [-0.05, 0) is 47.7 Å². The summed E-state index contributed by atoms with van der Waals surface area (Å²) < 4.78 is 11.4. The predicted molar refractivity (Wildman–Crippen MR) is 119 cm³/mol. The third kappa shape index (κ3) is 4.52. The molecule has 0 radical (unpaired) electrons. The predicted octanol–water partition coefficient (Wildman–Crippen LogP) is 4.07. The maximum atomic E-state index is 13.4. The van der Waals surface area contributed by atoms with Crippen molar-refractivity contribution < 1.29 is 14.3 Å². The van der Waals surface area contributed by atoms with Crippen LogP contribution < -0.4 is 9.64 Å². The van der Waals surface area contributed by atoms with Gasteiger partial charge < -0.3 is 14.4 Å². The first kappa shape index (κ1) is 20.9. The molecule has 5 heteroatoms. The number of amides is 1. The number of fused-ring (bicyclic) bond motifs is 1. The maximum absolute atomic E-state index is 13.4. The Balaban J connectivity index is 1.46. The number of nitrogens with zero attached hydrogens (tertiary/aromatic N) is 2. The van der Waals surface area contributed by atoms with E-state index in [2.05, 4.69) is 43.0 Å². The molecule has 0 bridgehead atoms. The molecule has 160 valence electrons. The number of likely N-dealkylation sites (tertiary alicyclic amines) is 1. The fourth-order valence-corrected chi connectivity index (χ4v) is 4.47. The van der Waals surface area contributed by atoms with Crippen LogP contribution in [0.5, 0.6) is 5.75 Å². The van der Waals surface area contributed by atoms with Crippen LogP contribution in [0.1, 0.15) is 37.3 Å². The molecule has 0 saturated carbocycles. The fourth-order valence-electron chi connectivity index (χ4n) is 4.47. The van der Waals surface area contributed by atoms with Gasteiger partial charge in [0.15, 0.2) is 0 Å². The minimum Gasteiger partial charge on any atom is -0.497 e. The van der Waals surface area contributed by atoms with Crippen molar-refractivity contribution >= 4 is 11.6 Å². The van der Waals surface area contributed by atoms with Gasteiger partial charge in [0.2, 0.25) is 5.91 Å². The van der Waals surface area contributed by atoms with E-state index in [1.807, 2.05) is 29.2 Å². The molecule has 0 spiro atoms. The van der Waals surface area contributed by atoms with E-state index in [0.717, 1.165) is 37.5 Å². The van der Waals surface area contributed by atoms with E-state index in [1.165, 1.54) is 11.1 Å². The highest BCUT2D eigenvalue weighted by Crippen LogP contribution is 2.29. The summed E-state index contributed by atoms with van der Waals surface area (Å²) in [5.41, 5.74) is 3.57. The summed E-state index contributed by atoms with van der Waals surface area (Å²) in [5.74, 6) is 1.38. The minimum atomic E-state index is -0.127. The van der Waals surface area contributed by atoms with Gasteiger partial charge in [0.1, 0.15) is 5.75 Å². The molecule has 2 saturated heterocycles. The first-order valence-electron chi connectivity index (χ1n) is 10.9. The van der Waals surface area contributed by atoms with Gasteiger partial charge in [-0.3, -0.25) is 9.69 Å². The zero-order valence-electron chi connectivity index (χ0n) is 18.2. The number of methoxy groups -OCH3 is 1. The lowest BCUT2D eigenvalue weighted by atomic mass is 9.92. The molecule has 2 aliphatic rings. The molecule has 2 aliphatic heterocycles. The second-order valence-electron chi connectivity index (χ2n) is 8.62. The van der Waals surface area contributed by atoms with Crippen LogP contribution in [0.3, 0.4) is 0 Å². The molecule has 2 heterocycles. The first-order chi connectivity index (χ1) is 14.5. The quantitative estimate of drug-likeness (QED) is 0.748. The average Bonchev–Trinajstić information content (AvgIpc) is 2.93. The highest BCUT2D eigenvalue weighted by atomic mass is 16.5. The number of benzene rings is 2. The second kappa shape index (κ2) is 9.19. The lowest BCUT2D eigenvalue weighted by molar-refractivity contribution is -0.128. The van der Waals surface area contributed by atoms with E-state index in [0.29, 0.717) is 19.1 Å². The molecular formula is C25H32N2O3. The van der Waals surface area contributed by atoms with Gasteiger partial charge >= 0.3 is 0 Å². The summed E-state index contributed by atoms with van der Waals surface area (Å²) in [6.45, 7) is 8.17. The van der Waals surface area contributed by atoms with Crippen molar-refractivity contribution in [1.82, 2.24) is 4.90 Å². The second-order valence-corrected chi connectivity index (χ2v) is 8.62. The van der Waals surface area contributed by atoms with Crippen LogP contribution in [0.25, 0.3) is 0 Å². The van der Waals surface area contributed by atoms with E-state index in [1.54, 1.807) is 7.11 Å². The van der Waals surface area contributed by atoms with Gasteiger partial charge in [0.05, 0.1) is 25.7 Å². The number of piperidine rings is 1. The SMILES string of the molecule is COc1ccc(N2CCOC3CCN(Cc4ccc(C(C)C)cc4)CC3C2=O)cc1. The Hall–Kier alpha value is -2.37. The highest BCUT2D eigenvalue weighted by Gasteiger charge is 2.39. The molecule has 5 nitrogen and oxygen atoms in total. The van der Waals surface area contributed by atoms with Crippen LogP contribution in [0, 0.1) is 5.92 Å². The molecule has 30 heavy (non-hydrogen) atoms. The van der Waals surface area contributed by atoms with Crippen molar-refractivity contribution in [2.45, 2.75) is 38.8 Å². The van der Waals surface area contributed by atoms with Gasteiger partial charge in [-0.2, -0.15) is 0 Å². The Bertz CT molecular complexity index is 848. The lowest BCUT2D eigenvalue weighted by Crippen LogP contribution is -2.49. The smallest absolute Gasteiger partial charge is 0.234 e. The molecular weight excluding hydrogens is 376 g/mol. The van der Waals surface area contributed by atoms with Crippen LogP contribution >= 0.6 is 0 Å². The molecule has 2 atom stereocenters. The maximum Gasteiger partial charge on any atom is 0.234 e. The molecule has 1 amide bonds. The third-order valence-corrected chi connectivity index (χ3v) is 6.30. The number of hydrogen-bond donors (Lipinski definition) is 0. The third-order valence-electron chi connectivity index (χ3n) is 6.30. The zero-order chi connectivity index (χ0) is 21.1. The summed E-state index contributed by atoms with van der Waals surface area (Å²) in [6.07, 6.45) is 0.914. The summed E-state index contributed by atoms with van der Waals surface area (Å²) in [4.78, 5) is 17.7. The number of ether oxygens (including phenoxy) is 2. The molecule has 0 aliphatic carbocycles. The number of rotatable bonds is 5. The number of hydrogen-bond acceptors (Lipinski definition) is 4. The highest BCUT2D eigenvalue weighted by molar-refractivity contribution is 5.96. The summed E-state index contributed by atoms with van der Waals surface area (Å²) in [5, 5.41) is 0. The number of carbonyl (C=O) groups is 1. The van der Waals surface area contributed by atoms with Crippen LogP contribution in [-0.4, -0.2) is 50.3 Å². The monoisotopic (exact) mass is 408 g/mol. The molecule has 2 aromatic rings. The van der Waals surface area contributed by atoms with Crippen LogP contribution in [-0.2, 0) is 16.1 Å². The Labute approximate surface area is 179 Å². The van der Waals surface area contributed by atoms with Crippen molar-refractivity contribution in [2.75, 3.05) is 38.3 Å². The molecule has 2 unspecified atom stereocenters. The lowest BCUT2D eigenvalue weighted by Gasteiger charge is -2.37. The van der Waals surface area contributed by atoms with Gasteiger partial charge in [-0.15, -0.1) is 0 Å². The Morgan fingerprint density at radius 2 is 1.80 bits per heavy atom.